The summed E-state index contributed by atoms with van der Waals surface area (Å²) >= 11 is 0. The molecule has 0 radical (unpaired) electrons. The molecule has 0 bridgehead atoms. The fraction of sp³-hybridized carbons (Fsp3) is 0.889. The van der Waals surface area contributed by atoms with E-state index in [1.807, 2.05) is 6.92 Å². The smallest absolute Gasteiger partial charge is 0.106 e. The molecular formula is C9H19O4U-. The second-order valence-corrected chi connectivity index (χ2v) is 3.18. The Labute approximate surface area is 109 Å². The number of ether oxygens (including phenoxy) is 1. The minimum Gasteiger partial charge on any atom is -0.394 e. The van der Waals surface area contributed by atoms with Crippen molar-refractivity contribution in [3.05, 3.63) is 7.43 Å². The SMILES string of the molecule is CC[C@H]1OC(CO)CC(O)C1O.[CH3-].[U]. The van der Waals surface area contributed by atoms with Gasteiger partial charge < -0.3 is 27.5 Å². The second-order valence-electron chi connectivity index (χ2n) is 3.18. The number of aliphatic hydroxyl groups excluding tert-OH is 3. The van der Waals surface area contributed by atoms with Gasteiger partial charge in [-0.1, -0.05) is 6.92 Å². The number of rotatable bonds is 2. The second kappa shape index (κ2) is 8.09. The summed E-state index contributed by atoms with van der Waals surface area (Å²) < 4.78 is 5.31. The van der Waals surface area contributed by atoms with Gasteiger partial charge in [0.05, 0.1) is 24.9 Å². The van der Waals surface area contributed by atoms with Crippen LogP contribution in [0.25, 0.3) is 0 Å². The molecule has 1 aliphatic heterocycles. The summed E-state index contributed by atoms with van der Waals surface area (Å²) in [5.74, 6) is 0. The van der Waals surface area contributed by atoms with E-state index in [-0.39, 0.29) is 57.4 Å². The van der Waals surface area contributed by atoms with Crippen LogP contribution < -0.4 is 0 Å². The van der Waals surface area contributed by atoms with Crippen molar-refractivity contribution < 1.29 is 51.2 Å². The van der Waals surface area contributed by atoms with Crippen LogP contribution in [0.4, 0.5) is 0 Å². The monoisotopic (exact) mass is 429 g/mol. The molecule has 3 N–H and O–H groups in total. The summed E-state index contributed by atoms with van der Waals surface area (Å²) in [4.78, 5) is 0. The summed E-state index contributed by atoms with van der Waals surface area (Å²) in [6, 6.07) is 0. The molecule has 1 fully saturated rings. The summed E-state index contributed by atoms with van der Waals surface area (Å²) in [5, 5.41) is 27.5. The summed E-state index contributed by atoms with van der Waals surface area (Å²) in [6.07, 6.45) is -1.28. The standard InChI is InChI=1S/C8H16O4.CH3.U/c1-2-7-8(11)6(10)3-5(4-9)12-7;;/h5-11H,2-4H2,1H3;1H3;/q;-1;/t5?,6?,7-,8?;;/m1../s1. The van der Waals surface area contributed by atoms with E-state index >= 15 is 0 Å². The predicted molar refractivity (Wildman–Crippen MR) is 49.1 cm³/mol. The first kappa shape index (κ1) is 17.3. The van der Waals surface area contributed by atoms with Crippen molar-refractivity contribution in [2.75, 3.05) is 6.61 Å². The Morgan fingerprint density at radius 2 is 1.93 bits per heavy atom. The normalized spacial score (nSPS) is 36.9. The zero-order valence-corrected chi connectivity index (χ0v) is 12.8. The van der Waals surface area contributed by atoms with Gasteiger partial charge in [0.1, 0.15) is 6.10 Å². The molecule has 0 aliphatic carbocycles. The number of aliphatic hydroxyl groups is 3. The average Bonchev–Trinajstić information content (AvgIpc) is 2.09. The van der Waals surface area contributed by atoms with Gasteiger partial charge in [-0.2, -0.15) is 0 Å². The molecule has 0 aromatic heterocycles. The van der Waals surface area contributed by atoms with Gasteiger partial charge in [-0.15, -0.1) is 0 Å². The Morgan fingerprint density at radius 1 is 1.36 bits per heavy atom. The van der Waals surface area contributed by atoms with E-state index in [9.17, 15) is 10.2 Å². The topological polar surface area (TPSA) is 69.9 Å². The Bertz CT molecular complexity index is 145. The van der Waals surface area contributed by atoms with Gasteiger partial charge in [-0.05, 0) is 6.42 Å². The van der Waals surface area contributed by atoms with E-state index in [0.29, 0.717) is 12.8 Å². The maximum Gasteiger partial charge on any atom is 0.106 e. The van der Waals surface area contributed by atoms with Crippen molar-refractivity contribution in [2.24, 2.45) is 0 Å². The first-order valence-corrected chi connectivity index (χ1v) is 4.31. The Kier molecular flexibility index (Phi) is 9.99. The fourth-order valence-corrected chi connectivity index (χ4v) is 1.50. The molecule has 0 aromatic carbocycles. The first-order chi connectivity index (χ1) is 5.69. The maximum atomic E-state index is 9.39. The van der Waals surface area contributed by atoms with Crippen LogP contribution in [-0.2, 0) is 4.74 Å². The van der Waals surface area contributed by atoms with Crippen molar-refractivity contribution in [1.82, 2.24) is 0 Å². The van der Waals surface area contributed by atoms with E-state index in [1.54, 1.807) is 0 Å². The van der Waals surface area contributed by atoms with Crippen LogP contribution in [-0.4, -0.2) is 46.3 Å². The van der Waals surface area contributed by atoms with Gasteiger partial charge in [0, 0.05) is 37.5 Å². The molecule has 1 rings (SSSR count). The molecule has 5 heteroatoms. The van der Waals surface area contributed by atoms with Crippen molar-refractivity contribution >= 4 is 0 Å². The molecule has 1 heterocycles. The minimum atomic E-state index is -0.808. The van der Waals surface area contributed by atoms with Gasteiger partial charge in [-0.25, -0.2) is 0 Å². The molecule has 84 valence electrons. The average molecular weight is 429 g/mol. The van der Waals surface area contributed by atoms with Crippen LogP contribution in [0, 0.1) is 38.5 Å². The van der Waals surface area contributed by atoms with E-state index in [2.05, 4.69) is 0 Å². The van der Waals surface area contributed by atoms with E-state index in [4.69, 9.17) is 9.84 Å². The van der Waals surface area contributed by atoms with Gasteiger partial charge >= 0.3 is 0 Å². The Hall–Kier alpha value is 0.892. The molecule has 3 unspecified atom stereocenters. The summed E-state index contributed by atoms with van der Waals surface area (Å²) in [6.45, 7) is 1.78. The van der Waals surface area contributed by atoms with E-state index in [1.165, 1.54) is 0 Å². The fourth-order valence-electron chi connectivity index (χ4n) is 1.50. The number of hydrogen-bond acceptors (Lipinski definition) is 4. The van der Waals surface area contributed by atoms with Gasteiger partial charge in [0.25, 0.3) is 0 Å². The van der Waals surface area contributed by atoms with Crippen LogP contribution in [0.2, 0.25) is 0 Å². The van der Waals surface area contributed by atoms with Gasteiger partial charge in [-0.3, -0.25) is 0 Å². The molecule has 0 saturated carbocycles. The van der Waals surface area contributed by atoms with E-state index in [0.717, 1.165) is 0 Å². The molecule has 4 nitrogen and oxygen atoms in total. The van der Waals surface area contributed by atoms with Crippen molar-refractivity contribution in [1.29, 1.82) is 0 Å². The zero-order chi connectivity index (χ0) is 9.14. The zero-order valence-electron chi connectivity index (χ0n) is 8.68. The minimum absolute atomic E-state index is 0. The molecule has 0 amide bonds. The third-order valence-electron chi connectivity index (χ3n) is 2.25. The Morgan fingerprint density at radius 3 is 2.36 bits per heavy atom. The molecule has 1 aliphatic rings. The van der Waals surface area contributed by atoms with E-state index < -0.39 is 12.2 Å². The largest absolute Gasteiger partial charge is 0.394 e. The molecule has 0 spiro atoms. The van der Waals surface area contributed by atoms with Gasteiger partial charge in [0.2, 0.25) is 0 Å². The maximum absolute atomic E-state index is 9.39. The van der Waals surface area contributed by atoms with Crippen molar-refractivity contribution in [2.45, 2.75) is 44.2 Å². The summed E-state index contributed by atoms with van der Waals surface area (Å²) in [5.41, 5.74) is 0. The Balaban J connectivity index is 0. The van der Waals surface area contributed by atoms with Crippen LogP contribution in [0.3, 0.4) is 0 Å². The third-order valence-corrected chi connectivity index (χ3v) is 2.25. The predicted octanol–water partition coefficient (Wildman–Crippen LogP) is -0.282. The van der Waals surface area contributed by atoms with Crippen molar-refractivity contribution in [3.8, 4) is 0 Å². The molecule has 14 heavy (non-hydrogen) atoms. The third kappa shape index (κ3) is 4.18. The van der Waals surface area contributed by atoms with Gasteiger partial charge in [0.15, 0.2) is 0 Å². The van der Waals surface area contributed by atoms with Crippen molar-refractivity contribution in [3.63, 3.8) is 0 Å². The van der Waals surface area contributed by atoms with Crippen LogP contribution in [0.5, 0.6) is 0 Å². The summed E-state index contributed by atoms with van der Waals surface area (Å²) in [7, 11) is 0. The number of hydrogen-bond donors (Lipinski definition) is 3. The molecule has 4 atom stereocenters. The van der Waals surface area contributed by atoms with Crippen LogP contribution in [0.1, 0.15) is 19.8 Å². The molecule has 0 aromatic rings. The van der Waals surface area contributed by atoms with Crippen LogP contribution in [0.15, 0.2) is 0 Å². The first-order valence-electron chi connectivity index (χ1n) is 4.31. The van der Waals surface area contributed by atoms with Crippen LogP contribution >= 0.6 is 0 Å². The quantitative estimate of drug-likeness (QED) is 0.529. The molecular weight excluding hydrogens is 410 g/mol. The molecule has 1 saturated heterocycles.